The number of thiophene rings is 1. The van der Waals surface area contributed by atoms with E-state index in [4.69, 9.17) is 22.2 Å². The first kappa shape index (κ1) is 16.6. The summed E-state index contributed by atoms with van der Waals surface area (Å²) in [4.78, 5) is 1.16. The molecule has 0 unspecified atom stereocenters. The molecule has 0 aliphatic heterocycles. The van der Waals surface area contributed by atoms with Crippen molar-refractivity contribution < 1.29 is 4.74 Å². The minimum atomic E-state index is 0.255. The zero-order valence-corrected chi connectivity index (χ0v) is 15.8. The van der Waals surface area contributed by atoms with Crippen LogP contribution >= 0.6 is 50.6 Å². The highest BCUT2D eigenvalue weighted by Crippen LogP contribution is 2.28. The van der Waals surface area contributed by atoms with E-state index in [1.807, 2.05) is 36.4 Å². The van der Waals surface area contributed by atoms with Gasteiger partial charge in [0, 0.05) is 15.1 Å². The minimum Gasteiger partial charge on any atom is -0.485 e. The van der Waals surface area contributed by atoms with Crippen molar-refractivity contribution in [3.8, 4) is 5.75 Å². The lowest BCUT2D eigenvalue weighted by Gasteiger charge is -2.06. The SMILES string of the molecule is Nn1c(COc2cccc(Br)c2)nnc1SCc1ccc(Cl)s1. The Bertz CT molecular complexity index is 808. The number of rotatable bonds is 6. The van der Waals surface area contributed by atoms with Crippen molar-refractivity contribution in [3.63, 3.8) is 0 Å². The van der Waals surface area contributed by atoms with Crippen LogP contribution in [0.1, 0.15) is 10.7 Å². The van der Waals surface area contributed by atoms with Gasteiger partial charge in [-0.1, -0.05) is 45.4 Å². The monoisotopic (exact) mass is 430 g/mol. The molecular formula is C14H12BrClN4OS2. The highest BCUT2D eigenvalue weighted by atomic mass is 79.9. The summed E-state index contributed by atoms with van der Waals surface area (Å²) >= 11 is 12.4. The Hall–Kier alpha value is -1.22. The zero-order chi connectivity index (χ0) is 16.2. The van der Waals surface area contributed by atoms with Crippen LogP contribution < -0.4 is 10.6 Å². The number of benzene rings is 1. The highest BCUT2D eigenvalue weighted by Gasteiger charge is 2.11. The highest BCUT2D eigenvalue weighted by molar-refractivity contribution is 9.10. The third-order valence-electron chi connectivity index (χ3n) is 2.87. The van der Waals surface area contributed by atoms with Crippen LogP contribution in [0.15, 0.2) is 46.0 Å². The maximum atomic E-state index is 6.03. The maximum Gasteiger partial charge on any atom is 0.210 e. The smallest absolute Gasteiger partial charge is 0.210 e. The topological polar surface area (TPSA) is 66.0 Å². The number of nitrogens with two attached hydrogens (primary N) is 1. The molecule has 2 heterocycles. The van der Waals surface area contributed by atoms with Crippen LogP contribution in [0, 0.1) is 0 Å². The number of thioether (sulfide) groups is 1. The van der Waals surface area contributed by atoms with Gasteiger partial charge in [-0.2, -0.15) is 0 Å². The normalized spacial score (nSPS) is 10.9. The second-order valence-corrected chi connectivity index (χ2v) is 8.17. The molecule has 0 spiro atoms. The van der Waals surface area contributed by atoms with Crippen molar-refractivity contribution in [2.45, 2.75) is 17.5 Å². The van der Waals surface area contributed by atoms with Crippen molar-refractivity contribution in [2.75, 3.05) is 5.84 Å². The van der Waals surface area contributed by atoms with E-state index >= 15 is 0 Å². The fourth-order valence-electron chi connectivity index (χ4n) is 1.77. The molecule has 3 aromatic rings. The third-order valence-corrected chi connectivity index (χ3v) is 5.77. The predicted molar refractivity (Wildman–Crippen MR) is 97.5 cm³/mol. The molecule has 23 heavy (non-hydrogen) atoms. The van der Waals surface area contributed by atoms with E-state index < -0.39 is 0 Å². The van der Waals surface area contributed by atoms with Crippen molar-refractivity contribution in [1.82, 2.24) is 14.9 Å². The molecule has 0 aliphatic rings. The van der Waals surface area contributed by atoms with Gasteiger partial charge in [0.1, 0.15) is 12.4 Å². The zero-order valence-electron chi connectivity index (χ0n) is 11.8. The molecule has 0 saturated carbocycles. The number of nitrogen functional groups attached to an aromatic ring is 1. The van der Waals surface area contributed by atoms with Crippen LogP contribution in [0.2, 0.25) is 4.34 Å². The summed E-state index contributed by atoms with van der Waals surface area (Å²) in [7, 11) is 0. The predicted octanol–water partition coefficient (Wildman–Crippen LogP) is 4.34. The molecule has 5 nitrogen and oxygen atoms in total. The van der Waals surface area contributed by atoms with E-state index in [1.54, 1.807) is 11.3 Å². The van der Waals surface area contributed by atoms with Gasteiger partial charge in [0.2, 0.25) is 5.16 Å². The van der Waals surface area contributed by atoms with Gasteiger partial charge in [-0.05, 0) is 30.3 Å². The number of halogens is 2. The van der Waals surface area contributed by atoms with E-state index in [0.717, 1.165) is 25.2 Å². The van der Waals surface area contributed by atoms with E-state index in [0.29, 0.717) is 11.0 Å². The number of ether oxygens (including phenoxy) is 1. The van der Waals surface area contributed by atoms with Crippen LogP contribution in [-0.4, -0.2) is 14.9 Å². The van der Waals surface area contributed by atoms with E-state index in [2.05, 4.69) is 26.1 Å². The standard InChI is InChI=1S/C14H12BrClN4OS2/c15-9-2-1-3-10(6-9)21-7-13-18-19-14(20(13)17)22-8-11-4-5-12(16)23-11/h1-6H,7-8,17H2. The first-order valence-corrected chi connectivity index (χ1v) is 9.54. The first-order valence-electron chi connectivity index (χ1n) is 6.56. The van der Waals surface area contributed by atoms with Crippen LogP contribution in [0.3, 0.4) is 0 Å². The third kappa shape index (κ3) is 4.41. The van der Waals surface area contributed by atoms with Crippen LogP contribution in [0.25, 0.3) is 0 Å². The van der Waals surface area contributed by atoms with E-state index in [1.165, 1.54) is 16.4 Å². The Morgan fingerprint density at radius 2 is 2.17 bits per heavy atom. The average molecular weight is 432 g/mol. The lowest BCUT2D eigenvalue weighted by atomic mass is 10.3. The van der Waals surface area contributed by atoms with Crippen molar-refractivity contribution in [1.29, 1.82) is 0 Å². The average Bonchev–Trinajstić information content (AvgIpc) is 3.09. The summed E-state index contributed by atoms with van der Waals surface area (Å²) < 4.78 is 8.86. The summed E-state index contributed by atoms with van der Waals surface area (Å²) in [6, 6.07) is 11.5. The second kappa shape index (κ2) is 7.57. The Balaban J connectivity index is 1.60. The van der Waals surface area contributed by atoms with Gasteiger partial charge < -0.3 is 10.6 Å². The Labute approximate surface area is 154 Å². The minimum absolute atomic E-state index is 0.255. The molecule has 2 aromatic heterocycles. The second-order valence-electron chi connectivity index (χ2n) is 4.51. The molecule has 0 atom stereocenters. The van der Waals surface area contributed by atoms with Gasteiger partial charge >= 0.3 is 0 Å². The number of hydrogen-bond donors (Lipinski definition) is 1. The Morgan fingerprint density at radius 1 is 1.30 bits per heavy atom. The summed E-state index contributed by atoms with van der Waals surface area (Å²) in [6.45, 7) is 0.255. The molecule has 0 bridgehead atoms. The van der Waals surface area contributed by atoms with E-state index in [-0.39, 0.29) is 6.61 Å². The molecular weight excluding hydrogens is 420 g/mol. The van der Waals surface area contributed by atoms with Crippen molar-refractivity contribution in [2.24, 2.45) is 0 Å². The summed E-state index contributed by atoms with van der Waals surface area (Å²) in [5.41, 5.74) is 0. The summed E-state index contributed by atoms with van der Waals surface area (Å²) in [5, 5.41) is 8.82. The molecule has 0 saturated heterocycles. The molecule has 0 fully saturated rings. The van der Waals surface area contributed by atoms with Crippen molar-refractivity contribution in [3.05, 3.63) is 55.9 Å². The fraction of sp³-hybridized carbons (Fsp3) is 0.143. The van der Waals surface area contributed by atoms with E-state index in [9.17, 15) is 0 Å². The molecule has 3 rings (SSSR count). The molecule has 2 N–H and O–H groups in total. The Morgan fingerprint density at radius 3 is 2.91 bits per heavy atom. The Kier molecular flexibility index (Phi) is 5.47. The number of hydrogen-bond acceptors (Lipinski definition) is 6. The van der Waals surface area contributed by atoms with Gasteiger partial charge in [-0.15, -0.1) is 21.5 Å². The quantitative estimate of drug-likeness (QED) is 0.464. The maximum absolute atomic E-state index is 6.03. The lowest BCUT2D eigenvalue weighted by Crippen LogP contribution is -2.15. The number of nitrogens with zero attached hydrogens (tertiary/aromatic N) is 3. The van der Waals surface area contributed by atoms with Gasteiger partial charge in [0.15, 0.2) is 5.82 Å². The van der Waals surface area contributed by atoms with Crippen LogP contribution in [0.4, 0.5) is 0 Å². The molecule has 0 radical (unpaired) electrons. The molecule has 9 heteroatoms. The van der Waals surface area contributed by atoms with Crippen molar-refractivity contribution >= 4 is 50.6 Å². The van der Waals surface area contributed by atoms with Gasteiger partial charge in [0.25, 0.3) is 0 Å². The summed E-state index contributed by atoms with van der Waals surface area (Å²) in [5.74, 6) is 8.08. The largest absolute Gasteiger partial charge is 0.485 e. The van der Waals surface area contributed by atoms with Gasteiger partial charge in [-0.3, -0.25) is 0 Å². The molecule has 0 aliphatic carbocycles. The van der Waals surface area contributed by atoms with Gasteiger partial charge in [0.05, 0.1) is 4.34 Å². The fourth-order valence-corrected chi connectivity index (χ4v) is 4.16. The molecule has 120 valence electrons. The van der Waals surface area contributed by atoms with Crippen LogP contribution in [0.5, 0.6) is 5.75 Å². The van der Waals surface area contributed by atoms with Gasteiger partial charge in [-0.25, -0.2) is 4.68 Å². The molecule has 0 amide bonds. The van der Waals surface area contributed by atoms with Crippen LogP contribution in [-0.2, 0) is 12.4 Å². The number of aromatic nitrogens is 3. The lowest BCUT2D eigenvalue weighted by molar-refractivity contribution is 0.291. The molecule has 1 aromatic carbocycles. The first-order chi connectivity index (χ1) is 11.1. The summed E-state index contributed by atoms with van der Waals surface area (Å²) in [6.07, 6.45) is 0.